The van der Waals surface area contributed by atoms with E-state index < -0.39 is 0 Å². The van der Waals surface area contributed by atoms with Crippen LogP contribution in [0.2, 0.25) is 5.15 Å². The summed E-state index contributed by atoms with van der Waals surface area (Å²) in [4.78, 5) is 7.95. The second kappa shape index (κ2) is 6.71. The number of rotatable bonds is 6. The van der Waals surface area contributed by atoms with Gasteiger partial charge in [-0.25, -0.2) is 4.98 Å². The lowest BCUT2D eigenvalue weighted by Crippen LogP contribution is -2.09. The Kier molecular flexibility index (Phi) is 5.53. The normalized spacial score (nSPS) is 10.9. The summed E-state index contributed by atoms with van der Waals surface area (Å²) in [5.41, 5.74) is 0.768. The van der Waals surface area contributed by atoms with Gasteiger partial charge in [0.25, 0.3) is 0 Å². The van der Waals surface area contributed by atoms with Gasteiger partial charge in [0.15, 0.2) is 0 Å². The minimum atomic E-state index is 0.240. The number of hydrogen-bond donors (Lipinski definition) is 0. The molecule has 1 rings (SSSR count). The fourth-order valence-electron chi connectivity index (χ4n) is 0.933. The maximum absolute atomic E-state index is 5.60. The number of hydrogen-bond acceptors (Lipinski definition) is 4. The van der Waals surface area contributed by atoms with Crippen LogP contribution in [0.3, 0.4) is 0 Å². The topological polar surface area (TPSA) is 44.2 Å². The predicted octanol–water partition coefficient (Wildman–Crippen LogP) is 2.07. The van der Waals surface area contributed by atoms with E-state index in [1.54, 1.807) is 6.20 Å². The van der Waals surface area contributed by atoms with Crippen molar-refractivity contribution in [2.45, 2.75) is 26.6 Å². The van der Waals surface area contributed by atoms with Gasteiger partial charge in [-0.15, -0.1) is 0 Å². The fourth-order valence-corrected chi connectivity index (χ4v) is 1.03. The molecule has 84 valence electrons. The molecule has 0 radical (unpaired) electrons. The first-order valence-electron chi connectivity index (χ1n) is 4.84. The molecule has 1 heterocycles. The maximum atomic E-state index is 5.60. The average molecular weight is 231 g/mol. The Morgan fingerprint density at radius 1 is 1.27 bits per heavy atom. The van der Waals surface area contributed by atoms with Gasteiger partial charge in [-0.3, -0.25) is 4.98 Å². The highest BCUT2D eigenvalue weighted by Gasteiger charge is 1.97. The zero-order chi connectivity index (χ0) is 11.1. The second-order valence-electron chi connectivity index (χ2n) is 3.30. The smallest absolute Gasteiger partial charge is 0.147 e. The molecular weight excluding hydrogens is 216 g/mol. The van der Waals surface area contributed by atoms with Crippen molar-refractivity contribution < 1.29 is 9.47 Å². The van der Waals surface area contributed by atoms with Crippen molar-refractivity contribution in [2.24, 2.45) is 0 Å². The van der Waals surface area contributed by atoms with Gasteiger partial charge >= 0.3 is 0 Å². The first kappa shape index (κ1) is 12.4. The highest BCUT2D eigenvalue weighted by atomic mass is 35.5. The molecule has 1 aromatic heterocycles. The Bertz CT molecular complexity index is 277. The lowest BCUT2D eigenvalue weighted by Gasteiger charge is -2.07. The molecule has 0 bridgehead atoms. The molecule has 0 saturated carbocycles. The van der Waals surface area contributed by atoms with Crippen LogP contribution in [0.5, 0.6) is 0 Å². The van der Waals surface area contributed by atoms with E-state index in [9.17, 15) is 0 Å². The first-order chi connectivity index (χ1) is 7.18. The van der Waals surface area contributed by atoms with E-state index in [0.29, 0.717) is 25.0 Å². The van der Waals surface area contributed by atoms with Crippen LogP contribution >= 0.6 is 11.6 Å². The van der Waals surface area contributed by atoms with Crippen LogP contribution in [-0.2, 0) is 16.1 Å². The van der Waals surface area contributed by atoms with Crippen molar-refractivity contribution in [3.63, 3.8) is 0 Å². The van der Waals surface area contributed by atoms with E-state index in [-0.39, 0.29) is 6.10 Å². The standard InChI is InChI=1S/C10H15ClN2O2/c1-8(2)15-4-3-14-7-9-5-13-10(11)6-12-9/h5-6,8H,3-4,7H2,1-2H3. The largest absolute Gasteiger partial charge is 0.376 e. The van der Waals surface area contributed by atoms with Crippen molar-refractivity contribution in [1.29, 1.82) is 0 Å². The average Bonchev–Trinajstić information content (AvgIpc) is 2.20. The lowest BCUT2D eigenvalue weighted by molar-refractivity contribution is 0.0135. The van der Waals surface area contributed by atoms with Crippen molar-refractivity contribution in [3.05, 3.63) is 23.2 Å². The zero-order valence-corrected chi connectivity index (χ0v) is 9.70. The Morgan fingerprint density at radius 2 is 2.07 bits per heavy atom. The van der Waals surface area contributed by atoms with Crippen molar-refractivity contribution in [1.82, 2.24) is 9.97 Å². The maximum Gasteiger partial charge on any atom is 0.147 e. The molecule has 0 aliphatic carbocycles. The van der Waals surface area contributed by atoms with Crippen LogP contribution in [0.1, 0.15) is 19.5 Å². The molecule has 15 heavy (non-hydrogen) atoms. The zero-order valence-electron chi connectivity index (χ0n) is 8.94. The summed E-state index contributed by atoms with van der Waals surface area (Å²) < 4.78 is 10.7. The Labute approximate surface area is 94.6 Å². The molecule has 0 aliphatic rings. The van der Waals surface area contributed by atoms with E-state index >= 15 is 0 Å². The van der Waals surface area contributed by atoms with Gasteiger partial charge in [-0.2, -0.15) is 0 Å². The molecule has 4 nitrogen and oxygen atoms in total. The summed E-state index contributed by atoms with van der Waals surface area (Å²) in [6, 6.07) is 0. The minimum Gasteiger partial charge on any atom is -0.376 e. The molecule has 0 amide bonds. The highest BCUT2D eigenvalue weighted by Crippen LogP contribution is 2.02. The van der Waals surface area contributed by atoms with Crippen LogP contribution < -0.4 is 0 Å². The quantitative estimate of drug-likeness (QED) is 0.702. The lowest BCUT2D eigenvalue weighted by atomic mass is 10.5. The second-order valence-corrected chi connectivity index (χ2v) is 3.69. The fraction of sp³-hybridized carbons (Fsp3) is 0.600. The summed E-state index contributed by atoms with van der Waals surface area (Å²) in [6.07, 6.45) is 3.35. The number of aromatic nitrogens is 2. The van der Waals surface area contributed by atoms with E-state index in [1.165, 1.54) is 6.20 Å². The Balaban J connectivity index is 2.12. The molecule has 0 N–H and O–H groups in total. The van der Waals surface area contributed by atoms with E-state index in [2.05, 4.69) is 9.97 Å². The summed E-state index contributed by atoms with van der Waals surface area (Å²) in [5.74, 6) is 0. The third kappa shape index (κ3) is 5.67. The van der Waals surface area contributed by atoms with Gasteiger partial charge in [-0.05, 0) is 13.8 Å². The molecular formula is C10H15ClN2O2. The number of nitrogens with zero attached hydrogens (tertiary/aromatic N) is 2. The van der Waals surface area contributed by atoms with Crippen molar-refractivity contribution in [2.75, 3.05) is 13.2 Å². The van der Waals surface area contributed by atoms with E-state index in [0.717, 1.165) is 5.69 Å². The Morgan fingerprint density at radius 3 is 2.67 bits per heavy atom. The van der Waals surface area contributed by atoms with Gasteiger partial charge in [0.2, 0.25) is 0 Å². The monoisotopic (exact) mass is 230 g/mol. The molecule has 0 atom stereocenters. The van der Waals surface area contributed by atoms with Gasteiger partial charge < -0.3 is 9.47 Å². The van der Waals surface area contributed by atoms with Crippen LogP contribution in [0.4, 0.5) is 0 Å². The SMILES string of the molecule is CC(C)OCCOCc1cnc(Cl)cn1. The molecule has 0 spiro atoms. The highest BCUT2D eigenvalue weighted by molar-refractivity contribution is 6.29. The molecule has 1 aromatic rings. The summed E-state index contributed by atoms with van der Waals surface area (Å²) in [5, 5.41) is 0.391. The third-order valence-electron chi connectivity index (χ3n) is 1.60. The van der Waals surface area contributed by atoms with Gasteiger partial charge in [-0.1, -0.05) is 11.6 Å². The minimum absolute atomic E-state index is 0.240. The predicted molar refractivity (Wildman–Crippen MR) is 57.8 cm³/mol. The van der Waals surface area contributed by atoms with Gasteiger partial charge in [0.05, 0.1) is 44.0 Å². The molecule has 0 saturated heterocycles. The molecule has 0 aliphatic heterocycles. The van der Waals surface area contributed by atoms with Crippen LogP contribution in [-0.4, -0.2) is 29.3 Å². The van der Waals surface area contributed by atoms with Crippen molar-refractivity contribution >= 4 is 11.6 Å². The van der Waals surface area contributed by atoms with Crippen LogP contribution in [0, 0.1) is 0 Å². The van der Waals surface area contributed by atoms with E-state index in [4.69, 9.17) is 21.1 Å². The van der Waals surface area contributed by atoms with Gasteiger partial charge in [0.1, 0.15) is 5.15 Å². The Hall–Kier alpha value is -0.710. The first-order valence-corrected chi connectivity index (χ1v) is 5.22. The van der Waals surface area contributed by atoms with Gasteiger partial charge in [0, 0.05) is 0 Å². The molecule has 5 heteroatoms. The van der Waals surface area contributed by atoms with Crippen LogP contribution in [0.25, 0.3) is 0 Å². The summed E-state index contributed by atoms with van der Waals surface area (Å²) >= 11 is 5.60. The molecule has 0 fully saturated rings. The molecule has 0 aromatic carbocycles. The summed E-state index contributed by atoms with van der Waals surface area (Å²) in [6.45, 7) is 5.57. The number of ether oxygens (including phenoxy) is 2. The molecule has 0 unspecified atom stereocenters. The van der Waals surface area contributed by atoms with Crippen molar-refractivity contribution in [3.8, 4) is 0 Å². The van der Waals surface area contributed by atoms with E-state index in [1.807, 2.05) is 13.8 Å². The third-order valence-corrected chi connectivity index (χ3v) is 1.80. The number of halogens is 1. The van der Waals surface area contributed by atoms with Crippen LogP contribution in [0.15, 0.2) is 12.4 Å². The summed E-state index contributed by atoms with van der Waals surface area (Å²) in [7, 11) is 0.